The number of hydrogen-bond acceptors (Lipinski definition) is 6. The van der Waals surface area contributed by atoms with Crippen molar-refractivity contribution in [2.75, 3.05) is 31.1 Å². The molecule has 0 saturated carbocycles. The Bertz CT molecular complexity index is 873. The highest BCUT2D eigenvalue weighted by molar-refractivity contribution is 7.17. The number of fused-ring (bicyclic) bond motifs is 1. The van der Waals surface area contributed by atoms with E-state index in [1.54, 1.807) is 9.47 Å². The molecule has 0 spiro atoms. The van der Waals surface area contributed by atoms with E-state index >= 15 is 0 Å². The molecular formula is C19H28N4O3S. The zero-order valence-electron chi connectivity index (χ0n) is 16.7. The first kappa shape index (κ1) is 19.7. The van der Waals surface area contributed by atoms with Gasteiger partial charge in [0.2, 0.25) is 5.95 Å². The third-order valence-corrected chi connectivity index (χ3v) is 5.20. The fourth-order valence-corrected chi connectivity index (χ4v) is 3.90. The Morgan fingerprint density at radius 2 is 1.93 bits per heavy atom. The molecule has 0 aromatic carbocycles. The number of thiophene rings is 1. The number of amides is 1. The Kier molecular flexibility index (Phi) is 5.46. The Labute approximate surface area is 163 Å². The molecule has 0 N–H and O–H groups in total. The van der Waals surface area contributed by atoms with Gasteiger partial charge in [0, 0.05) is 32.7 Å². The average molecular weight is 393 g/mol. The van der Waals surface area contributed by atoms with Crippen LogP contribution in [-0.2, 0) is 11.3 Å². The number of anilines is 1. The van der Waals surface area contributed by atoms with Crippen molar-refractivity contribution in [3.05, 3.63) is 21.8 Å². The standard InChI is InChI=1S/C19H28N4O3S/c1-13(2)12-23-16(24)15-14(6-11-27-15)20-17(23)21-7-9-22(10-8-21)18(25)26-19(3,4)5/h6,11,13H,7-10,12H2,1-5H3. The first-order valence-electron chi connectivity index (χ1n) is 9.36. The molecule has 7 nitrogen and oxygen atoms in total. The van der Waals surface area contributed by atoms with E-state index in [1.165, 1.54) is 11.3 Å². The summed E-state index contributed by atoms with van der Waals surface area (Å²) in [7, 11) is 0. The van der Waals surface area contributed by atoms with Crippen LogP contribution in [0.5, 0.6) is 0 Å². The van der Waals surface area contributed by atoms with Gasteiger partial charge in [-0.05, 0) is 38.1 Å². The van der Waals surface area contributed by atoms with Crippen LogP contribution in [0.1, 0.15) is 34.6 Å². The molecule has 0 radical (unpaired) electrons. The maximum atomic E-state index is 12.9. The number of carbonyl (C=O) groups excluding carboxylic acids is 1. The first-order valence-corrected chi connectivity index (χ1v) is 10.2. The van der Waals surface area contributed by atoms with Crippen LogP contribution in [0.2, 0.25) is 0 Å². The Morgan fingerprint density at radius 1 is 1.26 bits per heavy atom. The van der Waals surface area contributed by atoms with Gasteiger partial charge >= 0.3 is 6.09 Å². The lowest BCUT2D eigenvalue weighted by Gasteiger charge is -2.36. The SMILES string of the molecule is CC(C)Cn1c(N2CCN(C(=O)OC(C)(C)C)CC2)nc2ccsc2c1=O. The fraction of sp³-hybridized carbons (Fsp3) is 0.632. The topological polar surface area (TPSA) is 67.7 Å². The van der Waals surface area contributed by atoms with Crippen LogP contribution in [0.25, 0.3) is 10.2 Å². The third kappa shape index (κ3) is 4.43. The van der Waals surface area contributed by atoms with Crippen molar-refractivity contribution in [3.8, 4) is 0 Å². The zero-order chi connectivity index (χ0) is 19.8. The maximum absolute atomic E-state index is 12.9. The predicted octanol–water partition coefficient (Wildman–Crippen LogP) is 3.17. The largest absolute Gasteiger partial charge is 0.444 e. The van der Waals surface area contributed by atoms with Crippen molar-refractivity contribution in [2.24, 2.45) is 5.92 Å². The molecule has 2 aromatic rings. The van der Waals surface area contributed by atoms with Gasteiger partial charge in [-0.25, -0.2) is 9.78 Å². The number of carbonyl (C=O) groups is 1. The summed E-state index contributed by atoms with van der Waals surface area (Å²) in [6, 6.07) is 1.89. The van der Waals surface area contributed by atoms with Crippen LogP contribution in [-0.4, -0.2) is 52.3 Å². The lowest BCUT2D eigenvalue weighted by molar-refractivity contribution is 0.0240. The minimum absolute atomic E-state index is 0.0215. The third-order valence-electron chi connectivity index (χ3n) is 4.31. The minimum atomic E-state index is -0.502. The smallest absolute Gasteiger partial charge is 0.410 e. The zero-order valence-corrected chi connectivity index (χ0v) is 17.5. The number of piperazine rings is 1. The number of hydrogen-bond donors (Lipinski definition) is 0. The minimum Gasteiger partial charge on any atom is -0.444 e. The molecule has 1 amide bonds. The number of nitrogens with zero attached hydrogens (tertiary/aromatic N) is 4. The molecule has 0 unspecified atom stereocenters. The molecule has 1 aliphatic rings. The van der Waals surface area contributed by atoms with E-state index in [1.807, 2.05) is 32.2 Å². The van der Waals surface area contributed by atoms with E-state index in [-0.39, 0.29) is 11.7 Å². The van der Waals surface area contributed by atoms with Crippen molar-refractivity contribution in [1.82, 2.24) is 14.5 Å². The summed E-state index contributed by atoms with van der Waals surface area (Å²) in [6.07, 6.45) is -0.289. The van der Waals surface area contributed by atoms with Crippen molar-refractivity contribution in [1.29, 1.82) is 0 Å². The molecule has 1 aliphatic heterocycles. The highest BCUT2D eigenvalue weighted by atomic mass is 32.1. The van der Waals surface area contributed by atoms with Gasteiger partial charge in [-0.2, -0.15) is 0 Å². The average Bonchev–Trinajstić information content (AvgIpc) is 3.04. The maximum Gasteiger partial charge on any atom is 0.410 e. The molecule has 3 heterocycles. The molecule has 2 aromatic heterocycles. The predicted molar refractivity (Wildman–Crippen MR) is 109 cm³/mol. The van der Waals surface area contributed by atoms with E-state index in [9.17, 15) is 9.59 Å². The van der Waals surface area contributed by atoms with Crippen LogP contribution in [0.4, 0.5) is 10.7 Å². The molecule has 0 bridgehead atoms. The number of aromatic nitrogens is 2. The Balaban J connectivity index is 1.82. The van der Waals surface area contributed by atoms with Crippen molar-refractivity contribution >= 4 is 33.6 Å². The van der Waals surface area contributed by atoms with E-state index < -0.39 is 5.60 Å². The van der Waals surface area contributed by atoms with Gasteiger partial charge in [-0.15, -0.1) is 11.3 Å². The van der Waals surface area contributed by atoms with Crippen LogP contribution < -0.4 is 10.5 Å². The number of rotatable bonds is 3. The lowest BCUT2D eigenvalue weighted by atomic mass is 10.2. The van der Waals surface area contributed by atoms with Crippen molar-refractivity contribution < 1.29 is 9.53 Å². The molecule has 1 saturated heterocycles. The summed E-state index contributed by atoms with van der Waals surface area (Å²) in [6.45, 7) is 12.8. The Morgan fingerprint density at radius 3 is 2.52 bits per heavy atom. The van der Waals surface area contributed by atoms with E-state index in [2.05, 4.69) is 18.7 Å². The molecule has 8 heteroatoms. The summed E-state index contributed by atoms with van der Waals surface area (Å²) in [4.78, 5) is 33.8. The summed E-state index contributed by atoms with van der Waals surface area (Å²) in [5.41, 5.74) is 0.264. The van der Waals surface area contributed by atoms with E-state index in [4.69, 9.17) is 9.72 Å². The fourth-order valence-electron chi connectivity index (χ4n) is 3.12. The normalized spacial score (nSPS) is 15.6. The van der Waals surface area contributed by atoms with Crippen molar-refractivity contribution in [3.63, 3.8) is 0 Å². The van der Waals surface area contributed by atoms with Crippen LogP contribution >= 0.6 is 11.3 Å². The van der Waals surface area contributed by atoms with Gasteiger partial charge in [0.1, 0.15) is 10.3 Å². The molecule has 3 rings (SSSR count). The van der Waals surface area contributed by atoms with E-state index in [0.717, 1.165) is 5.52 Å². The van der Waals surface area contributed by atoms with Crippen LogP contribution in [0.15, 0.2) is 16.2 Å². The molecule has 1 fully saturated rings. The summed E-state index contributed by atoms with van der Waals surface area (Å²) in [5, 5.41) is 1.91. The highest BCUT2D eigenvalue weighted by Gasteiger charge is 2.28. The van der Waals surface area contributed by atoms with Crippen molar-refractivity contribution in [2.45, 2.75) is 46.8 Å². The second kappa shape index (κ2) is 7.50. The molecule has 0 atom stereocenters. The second-order valence-electron chi connectivity index (χ2n) is 8.31. The highest BCUT2D eigenvalue weighted by Crippen LogP contribution is 2.22. The molecule has 0 aliphatic carbocycles. The molecule has 27 heavy (non-hydrogen) atoms. The van der Waals surface area contributed by atoms with Gasteiger partial charge in [0.05, 0.1) is 5.52 Å². The molecular weight excluding hydrogens is 364 g/mol. The van der Waals surface area contributed by atoms with Gasteiger partial charge in [0.15, 0.2) is 0 Å². The van der Waals surface area contributed by atoms with Gasteiger partial charge in [-0.1, -0.05) is 13.8 Å². The summed E-state index contributed by atoms with van der Waals surface area (Å²) < 4.78 is 7.94. The summed E-state index contributed by atoms with van der Waals surface area (Å²) >= 11 is 1.44. The summed E-state index contributed by atoms with van der Waals surface area (Å²) in [5.74, 6) is 1.03. The Hall–Kier alpha value is -2.09. The van der Waals surface area contributed by atoms with Gasteiger partial charge < -0.3 is 14.5 Å². The second-order valence-corrected chi connectivity index (χ2v) is 9.23. The van der Waals surface area contributed by atoms with Gasteiger partial charge in [0.25, 0.3) is 5.56 Å². The quantitative estimate of drug-likeness (QED) is 0.803. The van der Waals surface area contributed by atoms with Crippen LogP contribution in [0.3, 0.4) is 0 Å². The lowest BCUT2D eigenvalue weighted by Crippen LogP contribution is -2.51. The van der Waals surface area contributed by atoms with E-state index in [0.29, 0.717) is 49.3 Å². The number of ether oxygens (including phenoxy) is 1. The monoisotopic (exact) mass is 392 g/mol. The van der Waals surface area contributed by atoms with Gasteiger partial charge in [-0.3, -0.25) is 9.36 Å². The van der Waals surface area contributed by atoms with Crippen LogP contribution in [0, 0.1) is 5.92 Å². The molecule has 148 valence electrons. The first-order chi connectivity index (χ1) is 12.7.